The number of nitrogens with zero attached hydrogens (tertiary/aromatic N) is 3. The summed E-state index contributed by atoms with van der Waals surface area (Å²) in [6.07, 6.45) is -0.663. The molecule has 1 aromatic carbocycles. The fourth-order valence-electron chi connectivity index (χ4n) is 3.58. The van der Waals surface area contributed by atoms with E-state index in [1.807, 2.05) is 0 Å². The van der Waals surface area contributed by atoms with Crippen LogP contribution in [0.25, 0.3) is 11.2 Å². The Hall–Kier alpha value is -4.06. The Kier molecular flexibility index (Phi) is 6.18. The number of carbonyl (C=O) groups is 3. The number of aromatic nitrogens is 4. The van der Waals surface area contributed by atoms with E-state index in [0.29, 0.717) is 5.56 Å². The molecule has 1 unspecified atom stereocenters. The van der Waals surface area contributed by atoms with Crippen LogP contribution in [0, 0.1) is 0 Å². The molecule has 2 N–H and O–H groups in total. The Morgan fingerprint density at radius 2 is 2.00 bits per heavy atom. The lowest BCUT2D eigenvalue weighted by atomic mass is 10.2. The highest BCUT2D eigenvalue weighted by molar-refractivity contribution is 5.89. The molecule has 2 aromatic heterocycles. The van der Waals surface area contributed by atoms with E-state index in [1.165, 1.54) is 24.7 Å². The molecule has 1 aliphatic rings. The van der Waals surface area contributed by atoms with Crippen LogP contribution in [0.1, 0.15) is 36.9 Å². The zero-order valence-electron chi connectivity index (χ0n) is 17.8. The molecule has 1 amide bonds. The van der Waals surface area contributed by atoms with Gasteiger partial charge in [0.15, 0.2) is 17.4 Å². The number of rotatable bonds is 6. The summed E-state index contributed by atoms with van der Waals surface area (Å²) in [6, 6.07) is 8.50. The van der Waals surface area contributed by atoms with Gasteiger partial charge >= 0.3 is 11.9 Å². The van der Waals surface area contributed by atoms with Crippen LogP contribution in [0.5, 0.6) is 0 Å². The van der Waals surface area contributed by atoms with Gasteiger partial charge in [-0.15, -0.1) is 0 Å². The third-order valence-electron chi connectivity index (χ3n) is 4.88. The maximum Gasteiger partial charge on any atom is 0.338 e. The average Bonchev–Trinajstić information content (AvgIpc) is 3.35. The lowest BCUT2D eigenvalue weighted by Crippen LogP contribution is -2.26. The van der Waals surface area contributed by atoms with E-state index in [4.69, 9.17) is 14.2 Å². The SMILES string of the molecule is CC(=O)Nc1nc2ncn(C3O[C@H](COC(=O)c4ccccc4)C[C@H]3OC(C)=O)c2c(=O)[nH]1. The van der Waals surface area contributed by atoms with Crippen molar-refractivity contribution in [2.24, 2.45) is 0 Å². The highest BCUT2D eigenvalue weighted by Crippen LogP contribution is 2.33. The number of benzene rings is 1. The van der Waals surface area contributed by atoms with Crippen LogP contribution >= 0.6 is 0 Å². The second kappa shape index (κ2) is 9.20. The number of esters is 2. The monoisotopic (exact) mass is 455 g/mol. The quantitative estimate of drug-likeness (QED) is 0.521. The van der Waals surface area contributed by atoms with Crippen molar-refractivity contribution in [3.05, 3.63) is 52.6 Å². The molecule has 4 rings (SSSR count). The molecular weight excluding hydrogens is 434 g/mol. The van der Waals surface area contributed by atoms with Gasteiger partial charge in [0, 0.05) is 20.3 Å². The molecule has 1 aliphatic heterocycles. The lowest BCUT2D eigenvalue weighted by Gasteiger charge is -2.20. The summed E-state index contributed by atoms with van der Waals surface area (Å²) >= 11 is 0. The third kappa shape index (κ3) is 4.90. The molecule has 12 heteroatoms. The molecule has 1 fully saturated rings. The summed E-state index contributed by atoms with van der Waals surface area (Å²) in [5.74, 6) is -1.48. The molecule has 33 heavy (non-hydrogen) atoms. The average molecular weight is 455 g/mol. The normalized spacial score (nSPS) is 19.9. The minimum absolute atomic E-state index is 0.0418. The molecule has 0 radical (unpaired) electrons. The van der Waals surface area contributed by atoms with Crippen LogP contribution < -0.4 is 10.9 Å². The number of amides is 1. The van der Waals surface area contributed by atoms with Crippen molar-refractivity contribution in [2.75, 3.05) is 11.9 Å². The number of hydrogen-bond acceptors (Lipinski definition) is 9. The maximum absolute atomic E-state index is 12.7. The summed E-state index contributed by atoms with van der Waals surface area (Å²) in [5.41, 5.74) is -0.0121. The van der Waals surface area contributed by atoms with Gasteiger partial charge in [-0.2, -0.15) is 4.98 Å². The van der Waals surface area contributed by atoms with Gasteiger partial charge in [-0.25, -0.2) is 9.78 Å². The summed E-state index contributed by atoms with van der Waals surface area (Å²) in [6.45, 7) is 2.47. The van der Waals surface area contributed by atoms with Gasteiger partial charge in [0.25, 0.3) is 5.56 Å². The smallest absolute Gasteiger partial charge is 0.338 e. The Morgan fingerprint density at radius 1 is 1.24 bits per heavy atom. The molecule has 12 nitrogen and oxygen atoms in total. The fraction of sp³-hybridized carbons (Fsp3) is 0.333. The van der Waals surface area contributed by atoms with E-state index in [9.17, 15) is 19.2 Å². The molecule has 3 heterocycles. The van der Waals surface area contributed by atoms with Crippen molar-refractivity contribution in [2.45, 2.75) is 38.7 Å². The van der Waals surface area contributed by atoms with Gasteiger partial charge < -0.3 is 14.2 Å². The van der Waals surface area contributed by atoms with Crippen LogP contribution in [0.2, 0.25) is 0 Å². The molecule has 0 saturated carbocycles. The van der Waals surface area contributed by atoms with Crippen molar-refractivity contribution in [1.82, 2.24) is 19.5 Å². The van der Waals surface area contributed by atoms with Crippen LogP contribution in [-0.4, -0.2) is 56.2 Å². The number of carbonyl (C=O) groups excluding carboxylic acids is 3. The zero-order chi connectivity index (χ0) is 23.5. The molecule has 3 aromatic rings. The van der Waals surface area contributed by atoms with Gasteiger partial charge in [0.05, 0.1) is 11.7 Å². The van der Waals surface area contributed by atoms with Crippen molar-refractivity contribution in [1.29, 1.82) is 0 Å². The van der Waals surface area contributed by atoms with E-state index < -0.39 is 41.8 Å². The van der Waals surface area contributed by atoms with Gasteiger partial charge in [-0.3, -0.25) is 29.3 Å². The van der Waals surface area contributed by atoms with Gasteiger partial charge in [0.2, 0.25) is 11.9 Å². The summed E-state index contributed by atoms with van der Waals surface area (Å²) in [4.78, 5) is 58.5. The first-order valence-electron chi connectivity index (χ1n) is 10.1. The van der Waals surface area contributed by atoms with Crippen LogP contribution in [0.4, 0.5) is 5.95 Å². The predicted molar refractivity (Wildman–Crippen MR) is 113 cm³/mol. The number of fused-ring (bicyclic) bond motifs is 1. The van der Waals surface area contributed by atoms with Crippen LogP contribution in [-0.2, 0) is 23.8 Å². The van der Waals surface area contributed by atoms with Gasteiger partial charge in [-0.05, 0) is 12.1 Å². The van der Waals surface area contributed by atoms with Crippen molar-refractivity contribution < 1.29 is 28.6 Å². The molecule has 1 saturated heterocycles. The molecule has 0 aliphatic carbocycles. The Bertz CT molecular complexity index is 1250. The maximum atomic E-state index is 12.7. The lowest BCUT2D eigenvalue weighted by molar-refractivity contribution is -0.152. The van der Waals surface area contributed by atoms with Crippen LogP contribution in [0.15, 0.2) is 41.5 Å². The van der Waals surface area contributed by atoms with Gasteiger partial charge in [0.1, 0.15) is 19.0 Å². The predicted octanol–water partition coefficient (Wildman–Crippen LogP) is 1.15. The Morgan fingerprint density at radius 3 is 2.70 bits per heavy atom. The number of H-pyrrole nitrogens is 1. The van der Waals surface area contributed by atoms with Crippen LogP contribution in [0.3, 0.4) is 0 Å². The number of nitrogens with one attached hydrogen (secondary N) is 2. The van der Waals surface area contributed by atoms with Crippen molar-refractivity contribution in [3.63, 3.8) is 0 Å². The molecule has 0 bridgehead atoms. The first-order valence-corrected chi connectivity index (χ1v) is 10.1. The second-order valence-corrected chi connectivity index (χ2v) is 7.42. The largest absolute Gasteiger partial charge is 0.459 e. The topological polar surface area (TPSA) is 154 Å². The van der Waals surface area contributed by atoms with Gasteiger partial charge in [-0.1, -0.05) is 18.2 Å². The fourth-order valence-corrected chi connectivity index (χ4v) is 3.58. The standard InChI is InChI=1S/C21H21N5O7/c1-11(27)23-21-24-17-16(18(29)25-21)26(10-22-17)19-15(32-12(2)28)8-14(33-19)9-31-20(30)13-6-4-3-5-7-13/h3-7,10,14-15,19H,8-9H2,1-2H3,(H2,23,24,25,27,29)/t14-,15+,19?/m0/s1. The van der Waals surface area contributed by atoms with E-state index in [-0.39, 0.29) is 30.1 Å². The number of aromatic amines is 1. The molecule has 0 spiro atoms. The number of imidazole rings is 1. The van der Waals surface area contributed by atoms with Crippen molar-refractivity contribution >= 4 is 35.0 Å². The van der Waals surface area contributed by atoms with Crippen molar-refractivity contribution in [3.8, 4) is 0 Å². The van der Waals surface area contributed by atoms with E-state index in [1.54, 1.807) is 30.3 Å². The molecular formula is C21H21N5O7. The Balaban J connectivity index is 1.56. The highest BCUT2D eigenvalue weighted by Gasteiger charge is 2.40. The summed E-state index contributed by atoms with van der Waals surface area (Å²) in [5, 5.41) is 2.40. The van der Waals surface area contributed by atoms with E-state index in [0.717, 1.165) is 0 Å². The highest BCUT2D eigenvalue weighted by atomic mass is 16.6. The third-order valence-corrected chi connectivity index (χ3v) is 4.88. The first kappa shape index (κ1) is 22.1. The van der Waals surface area contributed by atoms with E-state index >= 15 is 0 Å². The Labute approximate surface area is 186 Å². The second-order valence-electron chi connectivity index (χ2n) is 7.42. The number of hydrogen-bond donors (Lipinski definition) is 2. The summed E-state index contributed by atoms with van der Waals surface area (Å²) < 4.78 is 18.1. The molecule has 3 atom stereocenters. The zero-order valence-corrected chi connectivity index (χ0v) is 17.8. The minimum atomic E-state index is -0.895. The minimum Gasteiger partial charge on any atom is -0.459 e. The first-order chi connectivity index (χ1) is 15.8. The number of ether oxygens (including phenoxy) is 3. The summed E-state index contributed by atoms with van der Waals surface area (Å²) in [7, 11) is 0. The van der Waals surface area contributed by atoms with E-state index in [2.05, 4.69) is 20.3 Å². The molecule has 172 valence electrons. The number of anilines is 1.